The van der Waals surface area contributed by atoms with Gasteiger partial charge in [-0.05, 0) is 31.5 Å². The van der Waals surface area contributed by atoms with Crippen molar-refractivity contribution in [2.24, 2.45) is 0 Å². The van der Waals surface area contributed by atoms with Crippen LogP contribution in [-0.2, 0) is 16.0 Å². The van der Waals surface area contributed by atoms with Gasteiger partial charge in [0.25, 0.3) is 0 Å². The maximum absolute atomic E-state index is 13.5. The Morgan fingerprint density at radius 2 is 2.05 bits per heavy atom. The molecule has 21 heavy (non-hydrogen) atoms. The molecule has 1 aromatic rings. The molecule has 2 amide bonds. The second-order valence-corrected chi connectivity index (χ2v) is 5.12. The summed E-state index contributed by atoms with van der Waals surface area (Å²) in [6, 6.07) is 4.39. The van der Waals surface area contributed by atoms with Gasteiger partial charge < -0.3 is 15.0 Å². The quantitative estimate of drug-likeness (QED) is 0.862. The van der Waals surface area contributed by atoms with E-state index in [0.29, 0.717) is 5.56 Å². The number of hydrogen-bond donors (Lipinski definition) is 1. The van der Waals surface area contributed by atoms with E-state index in [1.807, 2.05) is 13.8 Å². The number of rotatable bonds is 6. The van der Waals surface area contributed by atoms with Gasteiger partial charge in [-0.3, -0.25) is 9.59 Å². The highest BCUT2D eigenvalue weighted by molar-refractivity contribution is 5.85. The number of amides is 2. The molecule has 0 aliphatic carbocycles. The number of likely N-dealkylation sites (N-methyl/N-ethyl adjacent to an activating group) is 1. The molecule has 0 fully saturated rings. The summed E-state index contributed by atoms with van der Waals surface area (Å²) in [7, 11) is 2.92. The van der Waals surface area contributed by atoms with Crippen LogP contribution in [0.5, 0.6) is 5.75 Å². The Hall–Kier alpha value is -2.11. The first-order valence-electron chi connectivity index (χ1n) is 6.69. The summed E-state index contributed by atoms with van der Waals surface area (Å²) in [5.41, 5.74) is 0.536. The van der Waals surface area contributed by atoms with E-state index >= 15 is 0 Å². The first-order chi connectivity index (χ1) is 9.83. The summed E-state index contributed by atoms with van der Waals surface area (Å²) in [4.78, 5) is 24.9. The van der Waals surface area contributed by atoms with Crippen LogP contribution in [0.1, 0.15) is 19.4 Å². The first kappa shape index (κ1) is 16.9. The molecular weight excluding hydrogens is 275 g/mol. The van der Waals surface area contributed by atoms with Gasteiger partial charge in [-0.15, -0.1) is 0 Å². The maximum atomic E-state index is 13.5. The van der Waals surface area contributed by atoms with E-state index in [9.17, 15) is 14.0 Å². The van der Waals surface area contributed by atoms with E-state index in [1.54, 1.807) is 13.1 Å². The zero-order valence-electron chi connectivity index (χ0n) is 12.8. The Kier molecular flexibility index (Phi) is 6.14. The van der Waals surface area contributed by atoms with Gasteiger partial charge in [-0.25, -0.2) is 4.39 Å². The fraction of sp³-hybridized carbons (Fsp3) is 0.467. The highest BCUT2D eigenvalue weighted by Crippen LogP contribution is 2.18. The van der Waals surface area contributed by atoms with Crippen molar-refractivity contribution >= 4 is 11.8 Å². The molecule has 1 aromatic carbocycles. The number of methoxy groups -OCH3 is 1. The topological polar surface area (TPSA) is 58.6 Å². The van der Waals surface area contributed by atoms with Gasteiger partial charge in [0.2, 0.25) is 11.8 Å². The average Bonchev–Trinajstić information content (AvgIpc) is 2.37. The summed E-state index contributed by atoms with van der Waals surface area (Å²) in [6.07, 6.45) is 0.0341. The largest absolute Gasteiger partial charge is 0.494 e. The normalized spacial score (nSPS) is 10.4. The summed E-state index contributed by atoms with van der Waals surface area (Å²) in [5, 5.41) is 2.71. The zero-order valence-corrected chi connectivity index (χ0v) is 12.8. The van der Waals surface area contributed by atoms with Crippen LogP contribution in [0.15, 0.2) is 18.2 Å². The molecule has 0 atom stereocenters. The number of carbonyl (C=O) groups is 2. The SMILES string of the molecule is COc1ccc(CC(=O)N(C)CC(=O)NC(C)C)cc1F. The standard InChI is InChI=1S/C15H21FN2O3/c1-10(2)17-14(19)9-18(3)15(20)8-11-5-6-13(21-4)12(16)7-11/h5-7,10H,8-9H2,1-4H3,(H,17,19). The van der Waals surface area contributed by atoms with Crippen molar-refractivity contribution < 1.29 is 18.7 Å². The van der Waals surface area contributed by atoms with Crippen molar-refractivity contribution in [3.8, 4) is 5.75 Å². The number of nitrogens with zero attached hydrogens (tertiary/aromatic N) is 1. The fourth-order valence-electron chi connectivity index (χ4n) is 1.80. The second-order valence-electron chi connectivity index (χ2n) is 5.12. The van der Waals surface area contributed by atoms with Crippen molar-refractivity contribution in [3.05, 3.63) is 29.6 Å². The molecule has 5 nitrogen and oxygen atoms in total. The van der Waals surface area contributed by atoms with E-state index in [-0.39, 0.29) is 36.6 Å². The smallest absolute Gasteiger partial charge is 0.239 e. The van der Waals surface area contributed by atoms with Crippen LogP contribution in [0.2, 0.25) is 0 Å². The minimum Gasteiger partial charge on any atom is -0.494 e. The van der Waals surface area contributed by atoms with Crippen molar-refractivity contribution in [1.29, 1.82) is 0 Å². The van der Waals surface area contributed by atoms with Crippen molar-refractivity contribution in [2.75, 3.05) is 20.7 Å². The van der Waals surface area contributed by atoms with Gasteiger partial charge in [0.05, 0.1) is 20.1 Å². The first-order valence-corrected chi connectivity index (χ1v) is 6.69. The predicted octanol–water partition coefficient (Wildman–Crippen LogP) is 1.36. The van der Waals surface area contributed by atoms with Gasteiger partial charge in [-0.1, -0.05) is 6.07 Å². The third-order valence-corrected chi connectivity index (χ3v) is 2.83. The van der Waals surface area contributed by atoms with Crippen LogP contribution in [0, 0.1) is 5.82 Å². The van der Waals surface area contributed by atoms with Gasteiger partial charge in [-0.2, -0.15) is 0 Å². The lowest BCUT2D eigenvalue weighted by Gasteiger charge is -2.18. The molecule has 0 unspecified atom stereocenters. The Bertz CT molecular complexity index is 518. The average molecular weight is 296 g/mol. The third-order valence-electron chi connectivity index (χ3n) is 2.83. The van der Waals surface area contributed by atoms with E-state index in [2.05, 4.69) is 5.32 Å². The molecule has 0 aliphatic heterocycles. The highest BCUT2D eigenvalue weighted by Gasteiger charge is 2.15. The van der Waals surface area contributed by atoms with Crippen molar-refractivity contribution in [1.82, 2.24) is 10.2 Å². The van der Waals surface area contributed by atoms with Gasteiger partial charge >= 0.3 is 0 Å². The van der Waals surface area contributed by atoms with Crippen LogP contribution >= 0.6 is 0 Å². The molecule has 0 spiro atoms. The Balaban J connectivity index is 2.60. The lowest BCUT2D eigenvalue weighted by Crippen LogP contribution is -2.41. The van der Waals surface area contributed by atoms with Crippen LogP contribution < -0.4 is 10.1 Å². The monoisotopic (exact) mass is 296 g/mol. The van der Waals surface area contributed by atoms with E-state index in [1.165, 1.54) is 24.1 Å². The molecule has 0 heterocycles. The highest BCUT2D eigenvalue weighted by atomic mass is 19.1. The molecule has 0 bridgehead atoms. The maximum Gasteiger partial charge on any atom is 0.239 e. The summed E-state index contributed by atoms with van der Waals surface area (Å²) in [6.45, 7) is 3.68. The summed E-state index contributed by atoms with van der Waals surface area (Å²) < 4.78 is 18.4. The minimum atomic E-state index is -0.511. The number of ether oxygens (including phenoxy) is 1. The molecule has 116 valence electrons. The van der Waals surface area contributed by atoms with Crippen LogP contribution in [0.4, 0.5) is 4.39 Å². The zero-order chi connectivity index (χ0) is 16.0. The molecule has 1 rings (SSSR count). The molecule has 0 radical (unpaired) electrons. The molecule has 0 saturated carbocycles. The van der Waals surface area contributed by atoms with E-state index < -0.39 is 5.82 Å². The summed E-state index contributed by atoms with van der Waals surface area (Å²) >= 11 is 0. The molecule has 0 aliphatic rings. The molecule has 0 aromatic heterocycles. The van der Waals surface area contributed by atoms with Crippen LogP contribution in [0.3, 0.4) is 0 Å². The Morgan fingerprint density at radius 3 is 2.57 bits per heavy atom. The van der Waals surface area contributed by atoms with E-state index in [4.69, 9.17) is 4.74 Å². The molecule has 6 heteroatoms. The van der Waals surface area contributed by atoms with Gasteiger partial charge in [0, 0.05) is 13.1 Å². The number of nitrogens with one attached hydrogen (secondary N) is 1. The van der Waals surface area contributed by atoms with Gasteiger partial charge in [0.15, 0.2) is 11.6 Å². The molecular formula is C15H21FN2O3. The molecule has 1 N–H and O–H groups in total. The fourth-order valence-corrected chi connectivity index (χ4v) is 1.80. The Morgan fingerprint density at radius 1 is 1.38 bits per heavy atom. The Labute approximate surface area is 124 Å². The number of carbonyl (C=O) groups excluding carboxylic acids is 2. The predicted molar refractivity (Wildman–Crippen MR) is 77.6 cm³/mol. The number of halogens is 1. The molecule has 0 saturated heterocycles. The number of benzene rings is 1. The summed E-state index contributed by atoms with van der Waals surface area (Å²) in [5.74, 6) is -0.848. The van der Waals surface area contributed by atoms with Crippen LogP contribution in [-0.4, -0.2) is 43.5 Å². The lowest BCUT2D eigenvalue weighted by atomic mass is 10.1. The van der Waals surface area contributed by atoms with E-state index in [0.717, 1.165) is 0 Å². The minimum absolute atomic E-state index is 0.0182. The van der Waals surface area contributed by atoms with Gasteiger partial charge in [0.1, 0.15) is 0 Å². The number of hydrogen-bond acceptors (Lipinski definition) is 3. The van der Waals surface area contributed by atoms with Crippen LogP contribution in [0.25, 0.3) is 0 Å². The lowest BCUT2D eigenvalue weighted by molar-refractivity contribution is -0.134. The van der Waals surface area contributed by atoms with Crippen molar-refractivity contribution in [2.45, 2.75) is 26.3 Å². The second kappa shape index (κ2) is 7.61. The van der Waals surface area contributed by atoms with Crippen molar-refractivity contribution in [3.63, 3.8) is 0 Å². The third kappa shape index (κ3) is 5.41.